The second-order valence-electron chi connectivity index (χ2n) is 8.41. The van der Waals surface area contributed by atoms with E-state index in [9.17, 15) is 46.0 Å². The Morgan fingerprint density at radius 2 is 1.09 bits per heavy atom. The van der Waals surface area contributed by atoms with E-state index in [0.717, 1.165) is 0 Å². The number of nitrogens with two attached hydrogens (primary N) is 1. The number of rotatable bonds is 6. The normalized spacial score (nSPS) is 53.7. The highest BCUT2D eigenvalue weighted by Gasteiger charge is 2.52. The van der Waals surface area contributed by atoms with Gasteiger partial charge in [-0.05, 0) is 6.92 Å². The van der Waals surface area contributed by atoms with Crippen molar-refractivity contribution in [3.63, 3.8) is 0 Å². The highest BCUT2D eigenvalue weighted by molar-refractivity contribution is 4.96. The number of hydrogen-bond donors (Lipinski definition) is 10. The summed E-state index contributed by atoms with van der Waals surface area (Å²) >= 11 is 0. The molecule has 3 rings (SSSR count). The Hall–Kier alpha value is -0.600. The zero-order valence-corrected chi connectivity index (χ0v) is 17.7. The van der Waals surface area contributed by atoms with Crippen molar-refractivity contribution in [2.45, 2.75) is 99.0 Å². The van der Waals surface area contributed by atoms with Gasteiger partial charge in [0.25, 0.3) is 0 Å². The van der Waals surface area contributed by atoms with Crippen LogP contribution in [0.25, 0.3) is 0 Å². The maximum Gasteiger partial charge on any atom is 0.187 e. The molecule has 11 N–H and O–H groups in total. The lowest BCUT2D eigenvalue weighted by Crippen LogP contribution is -2.66. The lowest BCUT2D eigenvalue weighted by atomic mass is 9.96. The molecule has 3 fully saturated rings. The van der Waals surface area contributed by atoms with E-state index in [1.807, 2.05) is 0 Å². The Morgan fingerprint density at radius 3 is 1.64 bits per heavy atom. The van der Waals surface area contributed by atoms with Gasteiger partial charge in [0.05, 0.1) is 25.4 Å². The van der Waals surface area contributed by atoms with Crippen molar-refractivity contribution >= 4 is 0 Å². The monoisotopic (exact) mass is 487 g/mol. The molecule has 0 aromatic carbocycles. The molecule has 3 heterocycles. The van der Waals surface area contributed by atoms with Crippen LogP contribution in [0.2, 0.25) is 0 Å². The van der Waals surface area contributed by atoms with Crippen LogP contribution in [0.5, 0.6) is 0 Å². The SMILES string of the molecule is CC1OC(OC2C(CO)OC(OC3C(CO)OC(O)C(O)[C@@H]3O)C(O)C2O)C(O)C(O)C1N. The lowest BCUT2D eigenvalue weighted by Gasteiger charge is -2.47. The van der Waals surface area contributed by atoms with Crippen LogP contribution >= 0.6 is 0 Å². The highest BCUT2D eigenvalue weighted by Crippen LogP contribution is 2.31. The Morgan fingerprint density at radius 1 is 0.636 bits per heavy atom. The fraction of sp³-hybridized carbons (Fsp3) is 1.00. The molecular formula is C18H33NO14. The van der Waals surface area contributed by atoms with Gasteiger partial charge in [0, 0.05) is 0 Å². The smallest absolute Gasteiger partial charge is 0.187 e. The first kappa shape index (κ1) is 27.0. The summed E-state index contributed by atoms with van der Waals surface area (Å²) in [6.07, 6.45) is -21.4. The third-order valence-corrected chi connectivity index (χ3v) is 6.16. The summed E-state index contributed by atoms with van der Waals surface area (Å²) < 4.78 is 26.8. The van der Waals surface area contributed by atoms with E-state index in [0.29, 0.717) is 0 Å². The van der Waals surface area contributed by atoms with Crippen molar-refractivity contribution in [3.8, 4) is 0 Å². The van der Waals surface area contributed by atoms with Gasteiger partial charge in [-0.25, -0.2) is 0 Å². The summed E-state index contributed by atoms with van der Waals surface area (Å²) in [5.74, 6) is 0. The maximum atomic E-state index is 10.6. The van der Waals surface area contributed by atoms with Gasteiger partial charge >= 0.3 is 0 Å². The molecule has 0 saturated carbocycles. The molecule has 0 spiro atoms. The minimum Gasteiger partial charge on any atom is -0.394 e. The van der Waals surface area contributed by atoms with Crippen molar-refractivity contribution < 1.29 is 69.6 Å². The van der Waals surface area contributed by atoms with Gasteiger partial charge in [0.1, 0.15) is 61.0 Å². The third-order valence-electron chi connectivity index (χ3n) is 6.16. The predicted octanol–water partition coefficient (Wildman–Crippen LogP) is -6.58. The molecule has 0 radical (unpaired) electrons. The topological polar surface area (TPSA) is 254 Å². The Balaban J connectivity index is 1.71. The summed E-state index contributed by atoms with van der Waals surface area (Å²) in [4.78, 5) is 0. The first-order valence-corrected chi connectivity index (χ1v) is 10.5. The largest absolute Gasteiger partial charge is 0.394 e. The Bertz CT molecular complexity index is 627. The van der Waals surface area contributed by atoms with Crippen molar-refractivity contribution in [1.29, 1.82) is 0 Å². The molecule has 0 aromatic heterocycles. The van der Waals surface area contributed by atoms with Crippen LogP contribution in [0.3, 0.4) is 0 Å². The van der Waals surface area contributed by atoms with Crippen molar-refractivity contribution in [1.82, 2.24) is 0 Å². The summed E-state index contributed by atoms with van der Waals surface area (Å²) in [7, 11) is 0. The molecular weight excluding hydrogens is 454 g/mol. The summed E-state index contributed by atoms with van der Waals surface area (Å²) in [6.45, 7) is 0.0570. The number of hydrogen-bond acceptors (Lipinski definition) is 15. The molecule has 3 saturated heterocycles. The Kier molecular flexibility index (Phi) is 8.99. The molecule has 194 valence electrons. The van der Waals surface area contributed by atoms with Gasteiger partial charge in [-0.1, -0.05) is 0 Å². The van der Waals surface area contributed by atoms with Gasteiger partial charge in [0.2, 0.25) is 0 Å². The van der Waals surface area contributed by atoms with E-state index in [4.69, 9.17) is 29.4 Å². The molecule has 0 bridgehead atoms. The van der Waals surface area contributed by atoms with Crippen LogP contribution in [0.15, 0.2) is 0 Å². The first-order valence-electron chi connectivity index (χ1n) is 10.5. The maximum absolute atomic E-state index is 10.6. The zero-order valence-electron chi connectivity index (χ0n) is 17.7. The molecule has 15 heteroatoms. The molecule has 0 amide bonds. The van der Waals surface area contributed by atoms with Crippen molar-refractivity contribution in [2.24, 2.45) is 5.73 Å². The van der Waals surface area contributed by atoms with E-state index in [1.54, 1.807) is 0 Å². The van der Waals surface area contributed by atoms with Gasteiger partial charge in [-0.3, -0.25) is 0 Å². The van der Waals surface area contributed by atoms with Gasteiger partial charge in [0.15, 0.2) is 18.9 Å². The van der Waals surface area contributed by atoms with Crippen LogP contribution < -0.4 is 5.73 Å². The molecule has 0 aliphatic carbocycles. The van der Waals surface area contributed by atoms with E-state index in [1.165, 1.54) is 6.92 Å². The summed E-state index contributed by atoms with van der Waals surface area (Å²) in [6, 6.07) is -0.901. The fourth-order valence-electron chi connectivity index (χ4n) is 4.04. The summed E-state index contributed by atoms with van der Waals surface area (Å²) in [5.41, 5.74) is 5.73. The molecule has 0 aromatic rings. The number of ether oxygens (including phenoxy) is 5. The number of aliphatic hydroxyl groups is 9. The fourth-order valence-corrected chi connectivity index (χ4v) is 4.04. The third kappa shape index (κ3) is 5.32. The van der Waals surface area contributed by atoms with Crippen LogP contribution in [-0.4, -0.2) is 151 Å². The van der Waals surface area contributed by atoms with Crippen LogP contribution in [0.4, 0.5) is 0 Å². The van der Waals surface area contributed by atoms with E-state index in [-0.39, 0.29) is 0 Å². The first-order chi connectivity index (χ1) is 15.5. The van der Waals surface area contributed by atoms with E-state index in [2.05, 4.69) is 0 Å². The minimum absolute atomic E-state index is 0.728. The Labute approximate surface area is 188 Å². The van der Waals surface area contributed by atoms with Crippen molar-refractivity contribution in [3.05, 3.63) is 0 Å². The van der Waals surface area contributed by atoms with Crippen LogP contribution in [0.1, 0.15) is 6.92 Å². The average Bonchev–Trinajstić information content (AvgIpc) is 2.80. The van der Waals surface area contributed by atoms with E-state index >= 15 is 0 Å². The van der Waals surface area contributed by atoms with E-state index < -0.39 is 105 Å². The molecule has 14 unspecified atom stereocenters. The molecule has 33 heavy (non-hydrogen) atoms. The van der Waals surface area contributed by atoms with Crippen molar-refractivity contribution in [2.75, 3.05) is 13.2 Å². The second-order valence-corrected chi connectivity index (χ2v) is 8.41. The van der Waals surface area contributed by atoms with Crippen LogP contribution in [-0.2, 0) is 23.7 Å². The molecule has 3 aliphatic rings. The van der Waals surface area contributed by atoms with Crippen LogP contribution in [0, 0.1) is 0 Å². The predicted molar refractivity (Wildman–Crippen MR) is 102 cm³/mol. The highest BCUT2D eigenvalue weighted by atomic mass is 16.7. The minimum atomic E-state index is -1.83. The molecule has 3 aliphatic heterocycles. The molecule has 15 atom stereocenters. The number of aliphatic hydroxyl groups excluding tert-OH is 9. The van der Waals surface area contributed by atoms with Gasteiger partial charge < -0.3 is 75.4 Å². The second kappa shape index (κ2) is 11.0. The van der Waals surface area contributed by atoms with Gasteiger partial charge in [-0.2, -0.15) is 0 Å². The lowest BCUT2D eigenvalue weighted by molar-refractivity contribution is -0.373. The zero-order chi connectivity index (χ0) is 24.6. The molecule has 15 nitrogen and oxygen atoms in total. The quantitative estimate of drug-likeness (QED) is 0.167. The standard InChI is InChI=1S/C18H33NO14/c1-4-7(19)8(22)12(26)17(29-4)32-15-6(3-21)31-18(13(27)10(15)24)33-14-5(2-20)30-16(28)11(25)9(14)23/h4-18,20-28H,2-3,19H2,1H3/t4?,5?,6?,7?,8?,9-,10?,11?,12?,13?,14?,15?,16?,17?,18?/m0/s1. The summed E-state index contributed by atoms with van der Waals surface area (Å²) in [5, 5.41) is 90.2. The van der Waals surface area contributed by atoms with Gasteiger partial charge in [-0.15, -0.1) is 0 Å². The average molecular weight is 487 g/mol.